The Morgan fingerprint density at radius 3 is 2.26 bits per heavy atom. The summed E-state index contributed by atoms with van der Waals surface area (Å²) in [6, 6.07) is 9.94. The van der Waals surface area contributed by atoms with Crippen LogP contribution in [0.5, 0.6) is 0 Å². The van der Waals surface area contributed by atoms with Crippen molar-refractivity contribution in [3.8, 4) is 0 Å². The van der Waals surface area contributed by atoms with Gasteiger partial charge < -0.3 is 19.9 Å². The van der Waals surface area contributed by atoms with Gasteiger partial charge in [-0.3, -0.25) is 20.4 Å². The minimum atomic E-state index is -0.655. The van der Waals surface area contributed by atoms with E-state index < -0.39 is 17.6 Å². The third kappa shape index (κ3) is 9.98. The molecule has 2 heterocycles. The first-order valence-electron chi connectivity index (χ1n) is 12.5. The number of rotatable bonds is 10. The third-order valence-corrected chi connectivity index (χ3v) is 5.90. The van der Waals surface area contributed by atoms with Gasteiger partial charge >= 0.3 is 12.1 Å². The van der Waals surface area contributed by atoms with E-state index in [1.54, 1.807) is 79.8 Å². The van der Waals surface area contributed by atoms with Gasteiger partial charge in [0, 0.05) is 30.9 Å². The van der Waals surface area contributed by atoms with E-state index in [9.17, 15) is 14.4 Å². The van der Waals surface area contributed by atoms with Gasteiger partial charge in [0.05, 0.1) is 11.4 Å². The van der Waals surface area contributed by atoms with E-state index in [4.69, 9.17) is 4.74 Å². The van der Waals surface area contributed by atoms with E-state index in [1.807, 2.05) is 14.1 Å². The smallest absolute Gasteiger partial charge is 0.412 e. The lowest BCUT2D eigenvalue weighted by atomic mass is 10.2. The summed E-state index contributed by atoms with van der Waals surface area (Å²) < 4.78 is 5.30. The fourth-order valence-electron chi connectivity index (χ4n) is 3.46. The second kappa shape index (κ2) is 13.7. The first-order chi connectivity index (χ1) is 18.5. The molecule has 3 rings (SSSR count). The maximum atomic E-state index is 12.9. The summed E-state index contributed by atoms with van der Waals surface area (Å²) >= 11 is 1.35. The number of nitrogens with zero attached hydrogens (tertiary/aromatic N) is 4. The number of nitrogens with one attached hydrogen (secondary N) is 3. The highest BCUT2D eigenvalue weighted by atomic mass is 32.1. The first kappa shape index (κ1) is 29.5. The molecule has 1 aromatic carbocycles. The van der Waals surface area contributed by atoms with Crippen LogP contribution < -0.4 is 16.0 Å². The molecule has 0 aliphatic carbocycles. The molecule has 208 valence electrons. The number of benzene rings is 1. The van der Waals surface area contributed by atoms with Crippen molar-refractivity contribution in [2.75, 3.05) is 43.1 Å². The fourth-order valence-corrected chi connectivity index (χ4v) is 3.98. The molecule has 0 fully saturated rings. The van der Waals surface area contributed by atoms with Gasteiger partial charge in [-0.15, -0.1) is 11.3 Å². The zero-order valence-electron chi connectivity index (χ0n) is 22.9. The molecule has 0 atom stereocenters. The van der Waals surface area contributed by atoms with Gasteiger partial charge in [-0.05, 0) is 71.6 Å². The highest BCUT2D eigenvalue weighted by Crippen LogP contribution is 2.23. The molecule has 11 nitrogen and oxygen atoms in total. The molecule has 0 bridgehead atoms. The lowest BCUT2D eigenvalue weighted by Crippen LogP contribution is -2.36. The number of carbonyl (C=O) groups excluding carboxylic acids is 3. The van der Waals surface area contributed by atoms with Gasteiger partial charge in [0.15, 0.2) is 5.13 Å². The quantitative estimate of drug-likeness (QED) is 0.318. The summed E-state index contributed by atoms with van der Waals surface area (Å²) in [5.74, 6) is -0.440. The average Bonchev–Trinajstić information content (AvgIpc) is 3.36. The summed E-state index contributed by atoms with van der Waals surface area (Å²) in [5.41, 5.74) is 1.12. The standard InChI is InChI=1S/C27H35N7O4S/c1-27(2,3)38-26(37)31-21-10-7-6-9-20(21)30-23(35)22-12-11-19(17-29-22)18-34(15-8-14-33(4)5)25(36)32-24-28-13-16-39-24/h6-7,9-13,16-17H,8,14-15,18H2,1-5H3,(H,30,35)(H,31,37)(H,28,32,36). The molecule has 0 radical (unpaired) electrons. The number of carbonyl (C=O) groups is 3. The predicted molar refractivity (Wildman–Crippen MR) is 153 cm³/mol. The molecule has 4 amide bonds. The average molecular weight is 554 g/mol. The lowest BCUT2D eigenvalue weighted by molar-refractivity contribution is 0.0635. The maximum absolute atomic E-state index is 12.9. The SMILES string of the molecule is CN(C)CCCN(Cc1ccc(C(=O)Nc2ccccc2NC(=O)OC(C)(C)C)nc1)C(=O)Nc1nccs1. The van der Waals surface area contributed by atoms with Gasteiger partial charge in [0.2, 0.25) is 0 Å². The van der Waals surface area contributed by atoms with Gasteiger partial charge in [-0.1, -0.05) is 18.2 Å². The van der Waals surface area contributed by atoms with Crippen LogP contribution in [0.15, 0.2) is 54.2 Å². The molecule has 0 aliphatic heterocycles. The minimum Gasteiger partial charge on any atom is -0.444 e. The van der Waals surface area contributed by atoms with Crippen LogP contribution >= 0.6 is 11.3 Å². The summed E-state index contributed by atoms with van der Waals surface area (Å²) in [5, 5.41) is 10.6. The largest absolute Gasteiger partial charge is 0.444 e. The van der Waals surface area contributed by atoms with Crippen LogP contribution in [0, 0.1) is 0 Å². The van der Waals surface area contributed by atoms with E-state index in [0.29, 0.717) is 29.6 Å². The van der Waals surface area contributed by atoms with E-state index in [0.717, 1.165) is 18.5 Å². The molecule has 0 unspecified atom stereocenters. The van der Waals surface area contributed by atoms with Crippen LogP contribution in [0.3, 0.4) is 0 Å². The Balaban J connectivity index is 1.65. The first-order valence-corrected chi connectivity index (χ1v) is 13.3. The van der Waals surface area contributed by atoms with Gasteiger partial charge in [0.25, 0.3) is 5.91 Å². The summed E-state index contributed by atoms with van der Waals surface area (Å²) in [7, 11) is 3.97. The number of ether oxygens (including phenoxy) is 1. The zero-order valence-corrected chi connectivity index (χ0v) is 23.7. The van der Waals surface area contributed by atoms with E-state index in [2.05, 4.69) is 30.8 Å². The van der Waals surface area contributed by atoms with Crippen LogP contribution in [0.2, 0.25) is 0 Å². The predicted octanol–water partition coefficient (Wildman–Crippen LogP) is 5.12. The number of aromatic nitrogens is 2. The molecule has 39 heavy (non-hydrogen) atoms. The maximum Gasteiger partial charge on any atom is 0.412 e. The minimum absolute atomic E-state index is 0.192. The second-order valence-electron chi connectivity index (χ2n) is 10.0. The van der Waals surface area contributed by atoms with Gasteiger partial charge in [-0.2, -0.15) is 0 Å². The van der Waals surface area contributed by atoms with E-state index in [1.165, 1.54) is 11.3 Å². The van der Waals surface area contributed by atoms with Crippen LogP contribution in [-0.2, 0) is 11.3 Å². The molecule has 3 aromatic rings. The number of amides is 4. The Morgan fingerprint density at radius 1 is 0.949 bits per heavy atom. The third-order valence-electron chi connectivity index (χ3n) is 5.21. The second-order valence-corrected chi connectivity index (χ2v) is 10.9. The number of thiazole rings is 1. The Labute approximate surface area is 232 Å². The summed E-state index contributed by atoms with van der Waals surface area (Å²) in [6.07, 6.45) is 3.38. The zero-order chi connectivity index (χ0) is 28.4. The number of hydrogen-bond acceptors (Lipinski definition) is 8. The van der Waals surface area contributed by atoms with Crippen molar-refractivity contribution in [2.24, 2.45) is 0 Å². The van der Waals surface area contributed by atoms with Crippen molar-refractivity contribution in [2.45, 2.75) is 39.3 Å². The Morgan fingerprint density at radius 2 is 1.67 bits per heavy atom. The molecule has 0 spiro atoms. The van der Waals surface area contributed by atoms with Crippen molar-refractivity contribution < 1.29 is 19.1 Å². The number of pyridine rings is 1. The lowest BCUT2D eigenvalue weighted by Gasteiger charge is -2.23. The summed E-state index contributed by atoms with van der Waals surface area (Å²) in [6.45, 7) is 7.01. The molecule has 2 aromatic heterocycles. The summed E-state index contributed by atoms with van der Waals surface area (Å²) in [4.78, 5) is 50.2. The molecule has 0 saturated heterocycles. The van der Waals surface area contributed by atoms with Crippen molar-refractivity contribution in [3.63, 3.8) is 0 Å². The van der Waals surface area contributed by atoms with Crippen LogP contribution in [-0.4, -0.2) is 70.6 Å². The number of urea groups is 1. The van der Waals surface area contributed by atoms with E-state index in [-0.39, 0.29) is 11.7 Å². The normalized spacial score (nSPS) is 11.1. The molecule has 0 saturated carbocycles. The Bertz CT molecular complexity index is 1240. The Hall–Kier alpha value is -4.03. The van der Waals surface area contributed by atoms with Gasteiger partial charge in [0.1, 0.15) is 11.3 Å². The van der Waals surface area contributed by atoms with Gasteiger partial charge in [-0.25, -0.2) is 14.6 Å². The molecular weight excluding hydrogens is 518 g/mol. The van der Waals surface area contributed by atoms with Crippen molar-refractivity contribution in [1.82, 2.24) is 19.8 Å². The number of hydrogen-bond donors (Lipinski definition) is 3. The molecule has 12 heteroatoms. The Kier molecular flexibility index (Phi) is 10.4. The van der Waals surface area contributed by atoms with Crippen molar-refractivity contribution in [3.05, 3.63) is 65.4 Å². The fraction of sp³-hybridized carbons (Fsp3) is 0.370. The van der Waals surface area contributed by atoms with E-state index >= 15 is 0 Å². The highest BCUT2D eigenvalue weighted by molar-refractivity contribution is 7.13. The molecular formula is C27H35N7O4S. The molecule has 0 aliphatic rings. The number of para-hydroxylation sites is 2. The van der Waals surface area contributed by atoms with Crippen LogP contribution in [0.25, 0.3) is 0 Å². The number of anilines is 3. The monoisotopic (exact) mass is 553 g/mol. The van der Waals surface area contributed by atoms with Crippen molar-refractivity contribution >= 4 is 45.9 Å². The molecule has 3 N–H and O–H groups in total. The van der Waals surface area contributed by atoms with Crippen LogP contribution in [0.4, 0.5) is 26.1 Å². The topological polar surface area (TPSA) is 129 Å². The highest BCUT2D eigenvalue weighted by Gasteiger charge is 2.19. The van der Waals surface area contributed by atoms with Crippen molar-refractivity contribution in [1.29, 1.82) is 0 Å². The van der Waals surface area contributed by atoms with Crippen LogP contribution in [0.1, 0.15) is 43.2 Å².